The summed E-state index contributed by atoms with van der Waals surface area (Å²) in [7, 11) is 0. The van der Waals surface area contributed by atoms with Gasteiger partial charge in [0.15, 0.2) is 0 Å². The molecule has 1 saturated carbocycles. The fraction of sp³-hybridized carbons (Fsp3) is 1.00. The summed E-state index contributed by atoms with van der Waals surface area (Å²) in [5, 5.41) is 3.80. The van der Waals surface area contributed by atoms with Gasteiger partial charge in [0.05, 0.1) is 0 Å². The summed E-state index contributed by atoms with van der Waals surface area (Å²) in [5.41, 5.74) is 0. The molecule has 96 valence electrons. The van der Waals surface area contributed by atoms with E-state index in [1.807, 2.05) is 0 Å². The molecule has 0 aromatic rings. The minimum Gasteiger partial charge on any atom is -0.314 e. The van der Waals surface area contributed by atoms with Gasteiger partial charge >= 0.3 is 0 Å². The Morgan fingerprint density at radius 2 is 1.81 bits per heavy atom. The summed E-state index contributed by atoms with van der Waals surface area (Å²) in [6, 6.07) is 0.842. The Bertz CT molecular complexity index is 150. The van der Waals surface area contributed by atoms with Crippen LogP contribution in [0.4, 0.5) is 0 Å². The van der Waals surface area contributed by atoms with E-state index in [0.717, 1.165) is 12.0 Å². The third kappa shape index (κ3) is 5.89. The van der Waals surface area contributed by atoms with Crippen LogP contribution in [0.25, 0.3) is 0 Å². The predicted molar refractivity (Wildman–Crippen MR) is 72.8 cm³/mol. The van der Waals surface area contributed by atoms with Crippen molar-refractivity contribution in [3.63, 3.8) is 0 Å². The van der Waals surface area contributed by atoms with Crippen molar-refractivity contribution in [2.24, 2.45) is 5.92 Å². The molecular formula is C15H31N. The van der Waals surface area contributed by atoms with Gasteiger partial charge in [-0.1, -0.05) is 58.8 Å². The van der Waals surface area contributed by atoms with E-state index >= 15 is 0 Å². The number of hydrogen-bond donors (Lipinski definition) is 1. The van der Waals surface area contributed by atoms with Crippen molar-refractivity contribution in [1.82, 2.24) is 5.32 Å². The third-order valence-corrected chi connectivity index (χ3v) is 4.09. The lowest BCUT2D eigenvalue weighted by molar-refractivity contribution is 0.331. The minimum absolute atomic E-state index is 0.842. The molecule has 16 heavy (non-hydrogen) atoms. The summed E-state index contributed by atoms with van der Waals surface area (Å²) in [4.78, 5) is 0. The van der Waals surface area contributed by atoms with Crippen LogP contribution in [0.2, 0.25) is 0 Å². The second-order valence-electron chi connectivity index (χ2n) is 5.51. The molecule has 0 aromatic carbocycles. The van der Waals surface area contributed by atoms with Crippen molar-refractivity contribution >= 4 is 0 Å². The summed E-state index contributed by atoms with van der Waals surface area (Å²) >= 11 is 0. The van der Waals surface area contributed by atoms with Gasteiger partial charge in [0.1, 0.15) is 0 Å². The average molecular weight is 225 g/mol. The molecule has 0 bridgehead atoms. The maximum Gasteiger partial charge on any atom is 0.00671 e. The zero-order valence-electron chi connectivity index (χ0n) is 11.4. The van der Waals surface area contributed by atoms with E-state index in [0.29, 0.717) is 0 Å². The molecule has 0 spiro atoms. The Morgan fingerprint density at radius 1 is 1.06 bits per heavy atom. The fourth-order valence-electron chi connectivity index (χ4n) is 2.77. The Labute approximate surface area is 102 Å². The van der Waals surface area contributed by atoms with E-state index in [-0.39, 0.29) is 0 Å². The van der Waals surface area contributed by atoms with Crippen LogP contribution in [0.3, 0.4) is 0 Å². The molecule has 1 fully saturated rings. The van der Waals surface area contributed by atoms with E-state index in [2.05, 4.69) is 19.2 Å². The van der Waals surface area contributed by atoms with Crippen molar-refractivity contribution in [2.45, 2.75) is 84.1 Å². The smallest absolute Gasteiger partial charge is 0.00671 e. The van der Waals surface area contributed by atoms with Gasteiger partial charge in [-0.2, -0.15) is 0 Å². The van der Waals surface area contributed by atoms with Crippen LogP contribution in [-0.2, 0) is 0 Å². The molecule has 1 aliphatic rings. The summed E-state index contributed by atoms with van der Waals surface area (Å²) < 4.78 is 0. The predicted octanol–water partition coefficient (Wildman–Crippen LogP) is 4.52. The highest BCUT2D eigenvalue weighted by Gasteiger charge is 2.14. The first kappa shape index (κ1) is 14.0. The first-order valence-electron chi connectivity index (χ1n) is 7.60. The van der Waals surface area contributed by atoms with Gasteiger partial charge in [-0.05, 0) is 31.7 Å². The maximum absolute atomic E-state index is 3.80. The normalized spacial score (nSPS) is 19.9. The van der Waals surface area contributed by atoms with Crippen LogP contribution in [0, 0.1) is 5.92 Å². The van der Waals surface area contributed by atoms with Gasteiger partial charge in [-0.3, -0.25) is 0 Å². The summed E-state index contributed by atoms with van der Waals surface area (Å²) in [5.74, 6) is 0.925. The minimum atomic E-state index is 0.842. The lowest BCUT2D eigenvalue weighted by Crippen LogP contribution is -2.34. The molecule has 1 unspecified atom stereocenters. The van der Waals surface area contributed by atoms with Crippen molar-refractivity contribution in [2.75, 3.05) is 6.54 Å². The molecule has 1 nitrogen and oxygen atoms in total. The van der Waals surface area contributed by atoms with Crippen molar-refractivity contribution in [3.8, 4) is 0 Å². The standard InChI is InChI=1S/C15H31N/c1-3-5-7-10-14(4-2)13-16-15-11-8-6-9-12-15/h14-16H,3-13H2,1-2H3. The first-order valence-corrected chi connectivity index (χ1v) is 7.60. The Morgan fingerprint density at radius 3 is 2.44 bits per heavy atom. The SMILES string of the molecule is CCCCCC(CC)CNC1CCCCC1. The number of nitrogens with one attached hydrogen (secondary N) is 1. The monoisotopic (exact) mass is 225 g/mol. The quantitative estimate of drug-likeness (QED) is 0.599. The largest absolute Gasteiger partial charge is 0.314 e. The van der Waals surface area contributed by atoms with E-state index in [1.165, 1.54) is 70.8 Å². The Kier molecular flexibility index (Phi) is 7.92. The van der Waals surface area contributed by atoms with Gasteiger partial charge in [-0.25, -0.2) is 0 Å². The highest BCUT2D eigenvalue weighted by atomic mass is 14.9. The van der Waals surface area contributed by atoms with E-state index in [1.54, 1.807) is 0 Å². The Balaban J connectivity index is 2.07. The van der Waals surface area contributed by atoms with Crippen LogP contribution < -0.4 is 5.32 Å². The maximum atomic E-state index is 3.80. The lowest BCUT2D eigenvalue weighted by atomic mass is 9.93. The van der Waals surface area contributed by atoms with Crippen molar-refractivity contribution < 1.29 is 0 Å². The van der Waals surface area contributed by atoms with Gasteiger partial charge < -0.3 is 5.32 Å². The average Bonchev–Trinajstić information content (AvgIpc) is 2.35. The molecule has 0 aliphatic heterocycles. The molecule has 0 radical (unpaired) electrons. The van der Waals surface area contributed by atoms with Crippen LogP contribution in [0.5, 0.6) is 0 Å². The molecule has 1 atom stereocenters. The zero-order valence-corrected chi connectivity index (χ0v) is 11.4. The van der Waals surface area contributed by atoms with Crippen LogP contribution in [-0.4, -0.2) is 12.6 Å². The second-order valence-corrected chi connectivity index (χ2v) is 5.51. The van der Waals surface area contributed by atoms with Crippen molar-refractivity contribution in [3.05, 3.63) is 0 Å². The van der Waals surface area contributed by atoms with E-state index < -0.39 is 0 Å². The van der Waals surface area contributed by atoms with Gasteiger partial charge in [0.25, 0.3) is 0 Å². The van der Waals surface area contributed by atoms with Crippen LogP contribution in [0.15, 0.2) is 0 Å². The molecule has 1 aliphatic carbocycles. The third-order valence-electron chi connectivity index (χ3n) is 4.09. The van der Waals surface area contributed by atoms with Crippen molar-refractivity contribution in [1.29, 1.82) is 0 Å². The fourth-order valence-corrected chi connectivity index (χ4v) is 2.77. The number of hydrogen-bond acceptors (Lipinski definition) is 1. The van der Waals surface area contributed by atoms with Crippen LogP contribution in [0.1, 0.15) is 78.1 Å². The zero-order chi connectivity index (χ0) is 11.6. The van der Waals surface area contributed by atoms with Crippen LogP contribution >= 0.6 is 0 Å². The molecule has 0 amide bonds. The summed E-state index contributed by atoms with van der Waals surface area (Å²) in [6.45, 7) is 5.91. The molecule has 0 saturated heterocycles. The van der Waals surface area contributed by atoms with E-state index in [4.69, 9.17) is 0 Å². The number of rotatable bonds is 8. The highest BCUT2D eigenvalue weighted by Crippen LogP contribution is 2.19. The molecular weight excluding hydrogens is 194 g/mol. The Hall–Kier alpha value is -0.0400. The number of unbranched alkanes of at least 4 members (excludes halogenated alkanes) is 2. The first-order chi connectivity index (χ1) is 7.86. The van der Waals surface area contributed by atoms with Gasteiger partial charge in [0.2, 0.25) is 0 Å². The topological polar surface area (TPSA) is 12.0 Å². The highest BCUT2D eigenvalue weighted by molar-refractivity contribution is 4.73. The molecule has 0 aromatic heterocycles. The molecule has 1 N–H and O–H groups in total. The lowest BCUT2D eigenvalue weighted by Gasteiger charge is -2.25. The summed E-state index contributed by atoms with van der Waals surface area (Å²) in [6.07, 6.45) is 14.2. The van der Waals surface area contributed by atoms with Gasteiger partial charge in [0, 0.05) is 6.04 Å². The molecule has 0 heterocycles. The second kappa shape index (κ2) is 9.04. The van der Waals surface area contributed by atoms with Gasteiger partial charge in [-0.15, -0.1) is 0 Å². The van der Waals surface area contributed by atoms with E-state index in [9.17, 15) is 0 Å². The molecule has 1 rings (SSSR count). The molecule has 1 heteroatoms.